The second-order valence-electron chi connectivity index (χ2n) is 13.6. The second kappa shape index (κ2) is 11.4. The first kappa shape index (κ1) is 31.9. The van der Waals surface area contributed by atoms with Crippen molar-refractivity contribution in [1.29, 1.82) is 0 Å². The van der Waals surface area contributed by atoms with Gasteiger partial charge in [0, 0.05) is 43.4 Å². The van der Waals surface area contributed by atoms with Gasteiger partial charge in [-0.1, -0.05) is 103 Å². The predicted molar refractivity (Wildman–Crippen MR) is 213 cm³/mol. The summed E-state index contributed by atoms with van der Waals surface area (Å²) in [4.78, 5) is 0. The molecule has 1 heterocycles. The molecule has 0 unspecified atom stereocenters. The summed E-state index contributed by atoms with van der Waals surface area (Å²) in [6.45, 7) is 0. The van der Waals surface area contributed by atoms with Crippen LogP contribution in [0.2, 0.25) is 0 Å². The first-order chi connectivity index (χ1) is 26.7. The number of benzene rings is 9. The molecule has 0 radical (unpaired) electrons. The summed E-state index contributed by atoms with van der Waals surface area (Å²) in [5.74, 6) is -7.49. The van der Waals surface area contributed by atoms with Crippen LogP contribution < -0.4 is 0 Å². The Labute approximate surface area is 310 Å². The fourth-order valence-electron chi connectivity index (χ4n) is 8.27. The van der Waals surface area contributed by atoms with Crippen LogP contribution in [0.3, 0.4) is 0 Å². The average molecular weight is 725 g/mol. The van der Waals surface area contributed by atoms with E-state index in [1.807, 2.05) is 78.9 Å². The lowest BCUT2D eigenvalue weighted by Gasteiger charge is -2.24. The highest BCUT2D eigenvalue weighted by Crippen LogP contribution is 2.63. The van der Waals surface area contributed by atoms with Gasteiger partial charge in [-0.15, -0.1) is 0 Å². The molecule has 0 spiro atoms. The molecule has 9 aromatic carbocycles. The van der Waals surface area contributed by atoms with Crippen molar-refractivity contribution in [3.63, 3.8) is 0 Å². The maximum absolute atomic E-state index is 11.9. The molecule has 10 rings (SSSR count). The van der Waals surface area contributed by atoms with Crippen molar-refractivity contribution in [3.8, 4) is 79.4 Å². The Bertz CT molecular complexity index is 3220. The van der Waals surface area contributed by atoms with E-state index in [2.05, 4.69) is 0 Å². The number of hydrogen-bond acceptors (Lipinski definition) is 9. The second-order valence-corrected chi connectivity index (χ2v) is 13.6. The minimum atomic E-state index is -1.03. The van der Waals surface area contributed by atoms with E-state index >= 15 is 0 Å². The number of fused-ring (bicyclic) bond motifs is 7. The molecule has 8 N–H and O–H groups in total. The number of aromatic hydroxyl groups is 8. The van der Waals surface area contributed by atoms with E-state index < -0.39 is 46.0 Å². The maximum Gasteiger partial charge on any atom is 0.204 e. The average Bonchev–Trinajstić information content (AvgIpc) is 3.58. The number of phenolic OH excluding ortho intramolecular Hbond substituents is 8. The minimum Gasteiger partial charge on any atom is -0.504 e. The van der Waals surface area contributed by atoms with Gasteiger partial charge in [0.15, 0.2) is 23.0 Å². The summed E-state index contributed by atoms with van der Waals surface area (Å²) in [5, 5.41) is 95.8. The fourth-order valence-corrected chi connectivity index (χ4v) is 8.27. The molecule has 0 fully saturated rings. The van der Waals surface area contributed by atoms with Crippen LogP contribution in [0.1, 0.15) is 0 Å². The zero-order valence-electron chi connectivity index (χ0n) is 28.5. The van der Waals surface area contributed by atoms with E-state index in [1.165, 1.54) is 0 Å². The maximum atomic E-state index is 11.9. The first-order valence-electron chi connectivity index (χ1n) is 17.3. The minimum absolute atomic E-state index is 0.0101. The lowest BCUT2D eigenvalue weighted by Crippen LogP contribution is -1.96. The van der Waals surface area contributed by atoms with Crippen molar-refractivity contribution in [2.24, 2.45) is 0 Å². The third kappa shape index (κ3) is 4.29. The molecule has 266 valence electrons. The van der Waals surface area contributed by atoms with Gasteiger partial charge in [-0.3, -0.25) is 0 Å². The van der Waals surface area contributed by atoms with E-state index in [0.29, 0.717) is 38.8 Å². The van der Waals surface area contributed by atoms with Crippen LogP contribution in [-0.2, 0) is 0 Å². The van der Waals surface area contributed by atoms with E-state index in [-0.39, 0.29) is 32.7 Å². The Balaban J connectivity index is 1.44. The first-order valence-corrected chi connectivity index (χ1v) is 17.3. The van der Waals surface area contributed by atoms with Gasteiger partial charge in [-0.05, 0) is 62.0 Å². The number of phenols is 8. The van der Waals surface area contributed by atoms with Crippen LogP contribution in [0.15, 0.2) is 126 Å². The Morgan fingerprint density at radius 3 is 1.35 bits per heavy atom. The highest BCUT2D eigenvalue weighted by atomic mass is 16.4. The number of hydrogen-bond donors (Lipinski definition) is 8. The fraction of sp³-hybridized carbons (Fsp3) is 0. The third-order valence-corrected chi connectivity index (χ3v) is 10.7. The smallest absolute Gasteiger partial charge is 0.204 e. The number of rotatable bonds is 3. The molecule has 55 heavy (non-hydrogen) atoms. The zero-order chi connectivity index (χ0) is 37.9. The van der Waals surface area contributed by atoms with Crippen molar-refractivity contribution in [3.05, 3.63) is 121 Å². The molecule has 0 amide bonds. The SMILES string of the molecule is Oc1c(O)c(O)c2c(-c3cccc4ccccc34)c3c(O)c(O)c(O)c(O)c3c(-c3ccccc3-c3cccc4oc5cc6ccccc6cc5c34)c2c1O. The summed E-state index contributed by atoms with van der Waals surface area (Å²) in [6.07, 6.45) is 0. The molecule has 0 aliphatic rings. The van der Waals surface area contributed by atoms with Gasteiger partial charge in [0.25, 0.3) is 0 Å². The van der Waals surface area contributed by atoms with Gasteiger partial charge >= 0.3 is 0 Å². The summed E-state index contributed by atoms with van der Waals surface area (Å²) >= 11 is 0. The summed E-state index contributed by atoms with van der Waals surface area (Å²) in [7, 11) is 0. The molecule has 0 saturated carbocycles. The quantitative estimate of drug-likeness (QED) is 0.0501. The summed E-state index contributed by atoms with van der Waals surface area (Å²) in [6, 6.07) is 37.0. The normalized spacial score (nSPS) is 11.9. The Morgan fingerprint density at radius 1 is 0.291 bits per heavy atom. The van der Waals surface area contributed by atoms with Gasteiger partial charge in [-0.25, -0.2) is 0 Å². The standard InChI is InChI=1S/C46H28O9/c47-39-35-33(26-16-7-12-21-9-3-4-13-24(21)26)36-38(42(50)46(54)44(52)40(36)48)34(37(35)41(49)45(53)43(39)51)28-15-6-5-14-25(28)27-17-8-18-30-32(27)29-19-22-10-1-2-11-23(22)20-31(29)55-30/h1-20,47-54H. The van der Waals surface area contributed by atoms with Crippen LogP contribution in [0.5, 0.6) is 46.0 Å². The van der Waals surface area contributed by atoms with Crippen LogP contribution in [-0.4, -0.2) is 40.9 Å². The molecule has 0 atom stereocenters. The molecule has 0 aliphatic carbocycles. The van der Waals surface area contributed by atoms with Crippen LogP contribution in [0, 0.1) is 0 Å². The van der Waals surface area contributed by atoms with Crippen LogP contribution in [0.25, 0.3) is 98.4 Å². The van der Waals surface area contributed by atoms with Crippen molar-refractivity contribution >= 4 is 65.0 Å². The van der Waals surface area contributed by atoms with Gasteiger partial charge in [0.2, 0.25) is 23.0 Å². The van der Waals surface area contributed by atoms with E-state index in [9.17, 15) is 40.9 Å². The molecule has 0 bridgehead atoms. The molecular weight excluding hydrogens is 696 g/mol. The Morgan fingerprint density at radius 2 is 0.727 bits per heavy atom. The third-order valence-electron chi connectivity index (χ3n) is 10.7. The largest absolute Gasteiger partial charge is 0.504 e. The Hall–Kier alpha value is -7.78. The van der Waals surface area contributed by atoms with Crippen LogP contribution in [0.4, 0.5) is 0 Å². The van der Waals surface area contributed by atoms with Crippen molar-refractivity contribution in [2.75, 3.05) is 0 Å². The molecule has 1 aromatic heterocycles. The highest BCUT2D eigenvalue weighted by molar-refractivity contribution is 6.31. The topological polar surface area (TPSA) is 175 Å². The monoisotopic (exact) mass is 724 g/mol. The lowest BCUT2D eigenvalue weighted by molar-refractivity contribution is 0.350. The summed E-state index contributed by atoms with van der Waals surface area (Å²) in [5.41, 5.74) is 3.11. The van der Waals surface area contributed by atoms with Crippen LogP contribution >= 0.6 is 0 Å². The molecule has 0 aliphatic heterocycles. The van der Waals surface area contributed by atoms with E-state index in [1.54, 1.807) is 42.5 Å². The van der Waals surface area contributed by atoms with Crippen molar-refractivity contribution < 1.29 is 45.3 Å². The molecular formula is C46H28O9. The van der Waals surface area contributed by atoms with Gasteiger partial charge < -0.3 is 45.3 Å². The van der Waals surface area contributed by atoms with E-state index in [4.69, 9.17) is 4.42 Å². The molecule has 10 aromatic rings. The van der Waals surface area contributed by atoms with Gasteiger partial charge in [0.1, 0.15) is 11.2 Å². The molecule has 9 heteroatoms. The molecule has 0 saturated heterocycles. The van der Waals surface area contributed by atoms with Crippen molar-refractivity contribution in [2.45, 2.75) is 0 Å². The van der Waals surface area contributed by atoms with Crippen molar-refractivity contribution in [1.82, 2.24) is 0 Å². The summed E-state index contributed by atoms with van der Waals surface area (Å²) < 4.78 is 6.37. The zero-order valence-corrected chi connectivity index (χ0v) is 28.5. The predicted octanol–water partition coefficient (Wildman–Crippen LogP) is 10.8. The van der Waals surface area contributed by atoms with Gasteiger partial charge in [-0.2, -0.15) is 0 Å². The number of furan rings is 1. The highest BCUT2D eigenvalue weighted by Gasteiger charge is 2.33. The lowest BCUT2D eigenvalue weighted by atomic mass is 9.81. The van der Waals surface area contributed by atoms with E-state index in [0.717, 1.165) is 26.9 Å². The Kier molecular flexibility index (Phi) is 6.59. The van der Waals surface area contributed by atoms with Gasteiger partial charge in [0.05, 0.1) is 0 Å². The molecule has 9 nitrogen and oxygen atoms in total.